The topological polar surface area (TPSA) is 55.5 Å². The van der Waals surface area contributed by atoms with E-state index in [1.54, 1.807) is 0 Å². The van der Waals surface area contributed by atoms with E-state index in [0.29, 0.717) is 13.2 Å². The fraction of sp³-hybridized carbons (Fsp3) is 1.00. The molecule has 3 N–H and O–H groups in total. The van der Waals surface area contributed by atoms with Crippen LogP contribution in [0.4, 0.5) is 0 Å². The number of nitrogens with two attached hydrogens (primary N) is 1. The molecule has 1 aliphatic heterocycles. The molecular weight excluding hydrogens is 166 g/mol. The van der Waals surface area contributed by atoms with E-state index in [2.05, 4.69) is 6.92 Å². The number of rotatable bonds is 4. The summed E-state index contributed by atoms with van der Waals surface area (Å²) in [5, 5.41) is 10.3. The van der Waals surface area contributed by atoms with Gasteiger partial charge in [-0.3, -0.25) is 0 Å². The van der Waals surface area contributed by atoms with E-state index in [1.165, 1.54) is 0 Å². The van der Waals surface area contributed by atoms with Crippen molar-refractivity contribution in [2.24, 2.45) is 11.7 Å². The van der Waals surface area contributed by atoms with Crippen LogP contribution in [0.1, 0.15) is 32.6 Å². The third-order valence-corrected chi connectivity index (χ3v) is 2.93. The fourth-order valence-electron chi connectivity index (χ4n) is 2.08. The minimum Gasteiger partial charge on any atom is -0.387 e. The average molecular weight is 187 g/mol. The van der Waals surface area contributed by atoms with Gasteiger partial charge in [-0.1, -0.05) is 13.3 Å². The lowest BCUT2D eigenvalue weighted by Gasteiger charge is -2.38. The van der Waals surface area contributed by atoms with Crippen LogP contribution in [-0.4, -0.2) is 30.5 Å². The Balaban J connectivity index is 2.52. The summed E-state index contributed by atoms with van der Waals surface area (Å²) in [6.45, 7) is 3.93. The normalized spacial score (nSPS) is 31.6. The highest BCUT2D eigenvalue weighted by atomic mass is 16.5. The molecule has 78 valence electrons. The van der Waals surface area contributed by atoms with Gasteiger partial charge in [0.25, 0.3) is 0 Å². The molecule has 0 saturated carbocycles. The monoisotopic (exact) mass is 187 g/mol. The van der Waals surface area contributed by atoms with Gasteiger partial charge in [0.2, 0.25) is 0 Å². The SMILES string of the molecule is CCCC(CN)C1(O)CCCOC1. The van der Waals surface area contributed by atoms with E-state index in [1.807, 2.05) is 0 Å². The van der Waals surface area contributed by atoms with Crippen LogP contribution in [-0.2, 0) is 4.74 Å². The lowest BCUT2D eigenvalue weighted by Crippen LogP contribution is -2.48. The van der Waals surface area contributed by atoms with Crippen LogP contribution < -0.4 is 5.73 Å². The molecule has 3 heteroatoms. The molecule has 13 heavy (non-hydrogen) atoms. The van der Waals surface area contributed by atoms with Crippen molar-refractivity contribution < 1.29 is 9.84 Å². The van der Waals surface area contributed by atoms with Crippen LogP contribution in [0.25, 0.3) is 0 Å². The van der Waals surface area contributed by atoms with Crippen LogP contribution in [0, 0.1) is 5.92 Å². The van der Waals surface area contributed by atoms with Gasteiger partial charge < -0.3 is 15.6 Å². The van der Waals surface area contributed by atoms with E-state index >= 15 is 0 Å². The molecule has 1 fully saturated rings. The van der Waals surface area contributed by atoms with Gasteiger partial charge in [-0.25, -0.2) is 0 Å². The molecule has 0 spiro atoms. The summed E-state index contributed by atoms with van der Waals surface area (Å²) >= 11 is 0. The van der Waals surface area contributed by atoms with Crippen molar-refractivity contribution >= 4 is 0 Å². The average Bonchev–Trinajstić information content (AvgIpc) is 2.15. The summed E-state index contributed by atoms with van der Waals surface area (Å²) in [6.07, 6.45) is 3.87. The third-order valence-electron chi connectivity index (χ3n) is 2.93. The standard InChI is InChI=1S/C10H21NO2/c1-2-4-9(7-11)10(12)5-3-6-13-8-10/h9,12H,2-8,11H2,1H3. The smallest absolute Gasteiger partial charge is 0.0920 e. The van der Waals surface area contributed by atoms with Crippen LogP contribution in [0.15, 0.2) is 0 Å². The second kappa shape index (κ2) is 4.94. The van der Waals surface area contributed by atoms with Crippen molar-refractivity contribution in [3.8, 4) is 0 Å². The molecule has 0 aliphatic carbocycles. The van der Waals surface area contributed by atoms with Gasteiger partial charge in [0.05, 0.1) is 12.2 Å². The molecule has 2 unspecified atom stereocenters. The molecule has 0 radical (unpaired) electrons. The highest BCUT2D eigenvalue weighted by Crippen LogP contribution is 2.29. The fourth-order valence-corrected chi connectivity index (χ4v) is 2.08. The van der Waals surface area contributed by atoms with E-state index in [4.69, 9.17) is 10.5 Å². The molecule has 0 aromatic rings. The lowest BCUT2D eigenvalue weighted by molar-refractivity contribution is -0.119. The predicted octanol–water partition coefficient (Wildman–Crippen LogP) is 0.903. The van der Waals surface area contributed by atoms with Crippen LogP contribution in [0.5, 0.6) is 0 Å². The van der Waals surface area contributed by atoms with Crippen LogP contribution in [0.2, 0.25) is 0 Å². The predicted molar refractivity (Wildman–Crippen MR) is 52.5 cm³/mol. The van der Waals surface area contributed by atoms with E-state index in [-0.39, 0.29) is 5.92 Å². The molecule has 0 bridgehead atoms. The second-order valence-electron chi connectivity index (χ2n) is 3.98. The van der Waals surface area contributed by atoms with Crippen molar-refractivity contribution in [3.05, 3.63) is 0 Å². The van der Waals surface area contributed by atoms with Crippen molar-refractivity contribution in [2.75, 3.05) is 19.8 Å². The number of hydrogen-bond acceptors (Lipinski definition) is 3. The molecular formula is C10H21NO2. The summed E-state index contributed by atoms with van der Waals surface area (Å²) in [5.74, 6) is 0.206. The quantitative estimate of drug-likeness (QED) is 0.687. The molecule has 0 aromatic carbocycles. The number of ether oxygens (including phenoxy) is 1. The summed E-state index contributed by atoms with van der Waals surface area (Å²) in [7, 11) is 0. The van der Waals surface area contributed by atoms with Gasteiger partial charge in [-0.15, -0.1) is 0 Å². The Labute approximate surface area is 80.3 Å². The zero-order valence-electron chi connectivity index (χ0n) is 8.46. The molecule has 1 rings (SSSR count). The molecule has 1 heterocycles. The number of hydrogen-bond donors (Lipinski definition) is 2. The van der Waals surface area contributed by atoms with Crippen molar-refractivity contribution in [1.82, 2.24) is 0 Å². The van der Waals surface area contributed by atoms with Crippen LogP contribution >= 0.6 is 0 Å². The Morgan fingerprint density at radius 2 is 2.38 bits per heavy atom. The second-order valence-corrected chi connectivity index (χ2v) is 3.98. The summed E-state index contributed by atoms with van der Waals surface area (Å²) in [6, 6.07) is 0. The first-order valence-corrected chi connectivity index (χ1v) is 5.23. The maximum atomic E-state index is 10.3. The summed E-state index contributed by atoms with van der Waals surface area (Å²) < 4.78 is 5.31. The molecule has 1 saturated heterocycles. The maximum Gasteiger partial charge on any atom is 0.0920 e. The molecule has 2 atom stereocenters. The van der Waals surface area contributed by atoms with Crippen LogP contribution in [0.3, 0.4) is 0 Å². The minimum absolute atomic E-state index is 0.206. The Morgan fingerprint density at radius 3 is 2.85 bits per heavy atom. The van der Waals surface area contributed by atoms with E-state index < -0.39 is 5.60 Å². The van der Waals surface area contributed by atoms with E-state index in [0.717, 1.165) is 32.3 Å². The molecule has 0 aromatic heterocycles. The molecule has 3 nitrogen and oxygen atoms in total. The lowest BCUT2D eigenvalue weighted by atomic mass is 9.80. The maximum absolute atomic E-state index is 10.3. The van der Waals surface area contributed by atoms with Crippen molar-refractivity contribution in [1.29, 1.82) is 0 Å². The first-order valence-electron chi connectivity index (χ1n) is 5.23. The van der Waals surface area contributed by atoms with Gasteiger partial charge in [0.1, 0.15) is 0 Å². The zero-order chi connectivity index (χ0) is 9.73. The molecule has 1 aliphatic rings. The summed E-state index contributed by atoms with van der Waals surface area (Å²) in [4.78, 5) is 0. The first-order chi connectivity index (χ1) is 6.23. The van der Waals surface area contributed by atoms with Crippen molar-refractivity contribution in [3.63, 3.8) is 0 Å². The Morgan fingerprint density at radius 1 is 1.62 bits per heavy atom. The van der Waals surface area contributed by atoms with Crippen molar-refractivity contribution in [2.45, 2.75) is 38.2 Å². The number of aliphatic hydroxyl groups is 1. The van der Waals surface area contributed by atoms with Gasteiger partial charge in [-0.2, -0.15) is 0 Å². The largest absolute Gasteiger partial charge is 0.387 e. The van der Waals surface area contributed by atoms with Gasteiger partial charge in [0, 0.05) is 12.5 Å². The highest BCUT2D eigenvalue weighted by molar-refractivity contribution is 4.88. The third kappa shape index (κ3) is 2.66. The first kappa shape index (κ1) is 11.0. The zero-order valence-corrected chi connectivity index (χ0v) is 8.46. The van der Waals surface area contributed by atoms with E-state index in [9.17, 15) is 5.11 Å². The Kier molecular flexibility index (Phi) is 4.16. The minimum atomic E-state index is -0.650. The van der Waals surface area contributed by atoms with Gasteiger partial charge >= 0.3 is 0 Å². The summed E-state index contributed by atoms with van der Waals surface area (Å²) in [5.41, 5.74) is 5.01. The van der Waals surface area contributed by atoms with Gasteiger partial charge in [-0.05, 0) is 25.8 Å². The highest BCUT2D eigenvalue weighted by Gasteiger charge is 2.37. The van der Waals surface area contributed by atoms with Gasteiger partial charge in [0.15, 0.2) is 0 Å². The Hall–Kier alpha value is -0.120. The Bertz CT molecular complexity index is 144. The molecule has 0 amide bonds.